The number of aromatic amines is 1. The molecule has 21 heavy (non-hydrogen) atoms. The Bertz CT molecular complexity index is 581. The summed E-state index contributed by atoms with van der Waals surface area (Å²) in [5.41, 5.74) is -2.86. The van der Waals surface area contributed by atoms with E-state index in [1.165, 1.54) is 0 Å². The number of H-pyrrole nitrogens is 1. The number of pyridine rings is 1. The molecule has 116 valence electrons. The molecule has 0 spiro atoms. The zero-order valence-corrected chi connectivity index (χ0v) is 11.0. The molecule has 1 aromatic heterocycles. The lowest BCUT2D eigenvalue weighted by Gasteiger charge is -2.08. The van der Waals surface area contributed by atoms with Gasteiger partial charge in [0.05, 0.1) is 13.0 Å². The van der Waals surface area contributed by atoms with Gasteiger partial charge in [-0.2, -0.15) is 13.2 Å². The van der Waals surface area contributed by atoms with Crippen molar-refractivity contribution in [3.63, 3.8) is 0 Å². The molecule has 0 bridgehead atoms. The number of amides is 1. The Balaban J connectivity index is 2.67. The molecule has 1 heterocycles. The zero-order chi connectivity index (χ0) is 16.0. The van der Waals surface area contributed by atoms with E-state index in [2.05, 4.69) is 10.1 Å². The van der Waals surface area contributed by atoms with Gasteiger partial charge in [-0.25, -0.2) is 0 Å². The van der Waals surface area contributed by atoms with Crippen molar-refractivity contribution < 1.29 is 27.5 Å². The van der Waals surface area contributed by atoms with Crippen molar-refractivity contribution in [2.75, 3.05) is 13.2 Å². The second-order valence-electron chi connectivity index (χ2n) is 3.92. The number of hydrogen-bond acceptors (Lipinski definition) is 4. The standard InChI is InChI=1S/C12H13F3N2O4/c1-2-21-9(18)5-6-16-10(19)7-3-4-8(12(13,14)15)17-11(7)20/h3-4H,2,5-6H2,1H3,(H,16,19)(H,17,20). The largest absolute Gasteiger partial charge is 0.466 e. The van der Waals surface area contributed by atoms with E-state index in [4.69, 9.17) is 0 Å². The van der Waals surface area contributed by atoms with Crippen LogP contribution in [0, 0.1) is 0 Å². The molecule has 0 aromatic carbocycles. The molecule has 9 heteroatoms. The number of hydrogen-bond donors (Lipinski definition) is 2. The maximum absolute atomic E-state index is 12.3. The van der Waals surface area contributed by atoms with Crippen LogP contribution in [0.2, 0.25) is 0 Å². The summed E-state index contributed by atoms with van der Waals surface area (Å²) >= 11 is 0. The van der Waals surface area contributed by atoms with Crippen LogP contribution < -0.4 is 10.9 Å². The molecular weight excluding hydrogens is 293 g/mol. The normalized spacial score (nSPS) is 11.0. The van der Waals surface area contributed by atoms with E-state index >= 15 is 0 Å². The van der Waals surface area contributed by atoms with Crippen molar-refractivity contribution in [1.29, 1.82) is 0 Å². The Labute approximate surface area is 117 Å². The first-order valence-electron chi connectivity index (χ1n) is 6.00. The Morgan fingerprint density at radius 1 is 1.33 bits per heavy atom. The highest BCUT2D eigenvalue weighted by Gasteiger charge is 2.32. The molecule has 0 atom stereocenters. The monoisotopic (exact) mass is 306 g/mol. The number of halogens is 3. The minimum absolute atomic E-state index is 0.0852. The number of carbonyl (C=O) groups is 2. The van der Waals surface area contributed by atoms with Crippen molar-refractivity contribution >= 4 is 11.9 Å². The number of esters is 1. The minimum atomic E-state index is -4.70. The van der Waals surface area contributed by atoms with Gasteiger partial charge in [0.1, 0.15) is 11.3 Å². The summed E-state index contributed by atoms with van der Waals surface area (Å²) < 4.78 is 41.7. The van der Waals surface area contributed by atoms with Gasteiger partial charge in [-0.1, -0.05) is 0 Å². The van der Waals surface area contributed by atoms with Gasteiger partial charge in [0, 0.05) is 6.54 Å². The third kappa shape index (κ3) is 4.93. The van der Waals surface area contributed by atoms with Gasteiger partial charge in [0.25, 0.3) is 11.5 Å². The first-order valence-corrected chi connectivity index (χ1v) is 6.00. The summed E-state index contributed by atoms with van der Waals surface area (Å²) in [6, 6.07) is 1.38. The van der Waals surface area contributed by atoms with E-state index in [1.807, 2.05) is 0 Å². The van der Waals surface area contributed by atoms with Crippen LogP contribution in [0.4, 0.5) is 13.2 Å². The molecule has 0 saturated heterocycles. The quantitative estimate of drug-likeness (QED) is 0.797. The SMILES string of the molecule is CCOC(=O)CCNC(=O)c1ccc(C(F)(F)F)[nH]c1=O. The molecule has 1 aromatic rings. The molecule has 0 aliphatic rings. The first kappa shape index (κ1) is 16.7. The van der Waals surface area contributed by atoms with E-state index in [1.54, 1.807) is 11.9 Å². The Morgan fingerprint density at radius 3 is 2.52 bits per heavy atom. The molecule has 0 fully saturated rings. The van der Waals surface area contributed by atoms with Gasteiger partial charge in [-0.15, -0.1) is 0 Å². The smallest absolute Gasteiger partial charge is 0.431 e. The molecule has 1 amide bonds. The van der Waals surface area contributed by atoms with Crippen LogP contribution in [-0.2, 0) is 15.7 Å². The fraction of sp³-hybridized carbons (Fsp3) is 0.417. The highest BCUT2D eigenvalue weighted by molar-refractivity contribution is 5.93. The fourth-order valence-corrected chi connectivity index (χ4v) is 1.42. The van der Waals surface area contributed by atoms with Crippen molar-refractivity contribution in [2.24, 2.45) is 0 Å². The molecule has 0 aliphatic carbocycles. The van der Waals surface area contributed by atoms with Crippen molar-refractivity contribution in [3.05, 3.63) is 33.7 Å². The number of aromatic nitrogens is 1. The molecule has 0 aliphatic heterocycles. The maximum atomic E-state index is 12.3. The van der Waals surface area contributed by atoms with Crippen LogP contribution in [0.25, 0.3) is 0 Å². The molecular formula is C12H13F3N2O4. The van der Waals surface area contributed by atoms with Crippen LogP contribution in [0.5, 0.6) is 0 Å². The van der Waals surface area contributed by atoms with Crippen LogP contribution in [0.3, 0.4) is 0 Å². The van der Waals surface area contributed by atoms with Gasteiger partial charge < -0.3 is 15.0 Å². The Morgan fingerprint density at radius 2 is 2.00 bits per heavy atom. The van der Waals surface area contributed by atoms with Crippen LogP contribution >= 0.6 is 0 Å². The van der Waals surface area contributed by atoms with E-state index in [0.717, 1.165) is 6.07 Å². The second kappa shape index (κ2) is 6.91. The van der Waals surface area contributed by atoms with Crippen LogP contribution in [0.1, 0.15) is 29.4 Å². The lowest BCUT2D eigenvalue weighted by molar-refractivity contribution is -0.143. The summed E-state index contributed by atoms with van der Waals surface area (Å²) in [6.45, 7) is 1.74. The van der Waals surface area contributed by atoms with Crippen molar-refractivity contribution in [2.45, 2.75) is 19.5 Å². The lowest BCUT2D eigenvalue weighted by Crippen LogP contribution is -2.32. The molecule has 0 saturated carbocycles. The van der Waals surface area contributed by atoms with Gasteiger partial charge >= 0.3 is 12.1 Å². The van der Waals surface area contributed by atoms with Gasteiger partial charge in [0.15, 0.2) is 0 Å². The summed E-state index contributed by atoms with van der Waals surface area (Å²) in [6.07, 6.45) is -4.80. The average Bonchev–Trinajstić information content (AvgIpc) is 2.37. The summed E-state index contributed by atoms with van der Waals surface area (Å²) in [5.74, 6) is -1.39. The van der Waals surface area contributed by atoms with E-state index < -0.39 is 34.9 Å². The minimum Gasteiger partial charge on any atom is -0.466 e. The summed E-state index contributed by atoms with van der Waals surface area (Å²) in [7, 11) is 0. The summed E-state index contributed by atoms with van der Waals surface area (Å²) in [5, 5.41) is 2.25. The third-order valence-electron chi connectivity index (χ3n) is 2.38. The third-order valence-corrected chi connectivity index (χ3v) is 2.38. The molecule has 2 N–H and O–H groups in total. The molecule has 6 nitrogen and oxygen atoms in total. The van der Waals surface area contributed by atoms with Gasteiger partial charge in [-0.05, 0) is 19.1 Å². The van der Waals surface area contributed by atoms with E-state index in [9.17, 15) is 27.6 Å². The van der Waals surface area contributed by atoms with Crippen molar-refractivity contribution in [1.82, 2.24) is 10.3 Å². The highest BCUT2D eigenvalue weighted by Crippen LogP contribution is 2.26. The highest BCUT2D eigenvalue weighted by atomic mass is 19.4. The Hall–Kier alpha value is -2.32. The molecule has 0 unspecified atom stereocenters. The number of alkyl halides is 3. The van der Waals surface area contributed by atoms with Crippen molar-refractivity contribution in [3.8, 4) is 0 Å². The van der Waals surface area contributed by atoms with Crippen LogP contribution in [0.15, 0.2) is 16.9 Å². The zero-order valence-electron chi connectivity index (χ0n) is 11.0. The molecule has 1 rings (SSSR count). The first-order chi connectivity index (χ1) is 9.75. The number of nitrogens with one attached hydrogen (secondary N) is 2. The second-order valence-corrected chi connectivity index (χ2v) is 3.92. The van der Waals surface area contributed by atoms with Gasteiger partial charge in [-0.3, -0.25) is 14.4 Å². The maximum Gasteiger partial charge on any atom is 0.431 e. The predicted molar refractivity (Wildman–Crippen MR) is 65.6 cm³/mol. The van der Waals surface area contributed by atoms with Crippen LogP contribution in [-0.4, -0.2) is 30.0 Å². The number of rotatable bonds is 5. The number of ether oxygens (including phenoxy) is 1. The fourth-order valence-electron chi connectivity index (χ4n) is 1.42. The Kier molecular flexibility index (Phi) is 5.51. The lowest BCUT2D eigenvalue weighted by atomic mass is 10.2. The topological polar surface area (TPSA) is 88.3 Å². The number of carbonyl (C=O) groups excluding carboxylic acids is 2. The summed E-state index contributed by atoms with van der Waals surface area (Å²) in [4.78, 5) is 35.6. The average molecular weight is 306 g/mol. The van der Waals surface area contributed by atoms with E-state index in [-0.39, 0.29) is 19.6 Å². The predicted octanol–water partition coefficient (Wildman–Crippen LogP) is 1.08. The molecule has 0 radical (unpaired) electrons. The van der Waals surface area contributed by atoms with Gasteiger partial charge in [0.2, 0.25) is 0 Å². The van der Waals surface area contributed by atoms with E-state index in [0.29, 0.717) is 6.07 Å².